The summed E-state index contributed by atoms with van der Waals surface area (Å²) in [5, 5.41) is 3.75. The molecule has 1 aliphatic rings. The molecule has 0 aliphatic carbocycles. The van der Waals surface area contributed by atoms with Gasteiger partial charge >= 0.3 is 0 Å². The molecule has 1 amide bonds. The normalized spacial score (nSPS) is 16.8. The van der Waals surface area contributed by atoms with Crippen LogP contribution in [-0.4, -0.2) is 32.3 Å². The fourth-order valence-corrected chi connectivity index (χ4v) is 3.59. The highest BCUT2D eigenvalue weighted by Crippen LogP contribution is 2.25. The van der Waals surface area contributed by atoms with Crippen molar-refractivity contribution in [1.29, 1.82) is 0 Å². The Balaban J connectivity index is 1.82. The molecule has 0 unspecified atom stereocenters. The Labute approximate surface area is 175 Å². The SMILES string of the molecule is COc1cccc2cc(C(=O)NC[C@H]3CCCO3)c(=Nc3cc(C)ccc3C)oc12. The largest absolute Gasteiger partial charge is 0.493 e. The van der Waals surface area contributed by atoms with Crippen molar-refractivity contribution in [3.8, 4) is 5.75 Å². The molecule has 0 spiro atoms. The van der Waals surface area contributed by atoms with Crippen molar-refractivity contribution in [3.05, 3.63) is 64.7 Å². The highest BCUT2D eigenvalue weighted by Gasteiger charge is 2.19. The molecule has 30 heavy (non-hydrogen) atoms. The van der Waals surface area contributed by atoms with Gasteiger partial charge in [-0.3, -0.25) is 4.79 Å². The number of carbonyl (C=O) groups excluding carboxylic acids is 1. The summed E-state index contributed by atoms with van der Waals surface area (Å²) >= 11 is 0. The molecule has 1 N–H and O–H groups in total. The monoisotopic (exact) mass is 406 g/mol. The van der Waals surface area contributed by atoms with Gasteiger partial charge in [0.2, 0.25) is 5.55 Å². The van der Waals surface area contributed by atoms with Gasteiger partial charge in [-0.15, -0.1) is 0 Å². The van der Waals surface area contributed by atoms with E-state index in [0.29, 0.717) is 23.4 Å². The lowest BCUT2D eigenvalue weighted by molar-refractivity contribution is 0.0854. The first kappa shape index (κ1) is 20.2. The highest BCUT2D eigenvalue weighted by molar-refractivity contribution is 5.97. The summed E-state index contributed by atoms with van der Waals surface area (Å²) in [4.78, 5) is 17.8. The first-order valence-electron chi connectivity index (χ1n) is 10.2. The number of hydrogen-bond donors (Lipinski definition) is 1. The highest BCUT2D eigenvalue weighted by atomic mass is 16.5. The van der Waals surface area contributed by atoms with Crippen LogP contribution in [0, 0.1) is 13.8 Å². The summed E-state index contributed by atoms with van der Waals surface area (Å²) in [6.45, 7) is 5.21. The van der Waals surface area contributed by atoms with Crippen LogP contribution in [0.3, 0.4) is 0 Å². The van der Waals surface area contributed by atoms with Crippen LogP contribution in [0.1, 0.15) is 34.3 Å². The van der Waals surface area contributed by atoms with Crippen LogP contribution in [0.4, 0.5) is 5.69 Å². The Morgan fingerprint density at radius 3 is 2.87 bits per heavy atom. The number of rotatable bonds is 5. The summed E-state index contributed by atoms with van der Waals surface area (Å²) < 4.78 is 17.2. The number of nitrogens with one attached hydrogen (secondary N) is 1. The van der Waals surface area contributed by atoms with Gasteiger partial charge in [-0.05, 0) is 56.0 Å². The number of aryl methyl sites for hydroxylation is 2. The van der Waals surface area contributed by atoms with E-state index >= 15 is 0 Å². The van der Waals surface area contributed by atoms with Crippen LogP contribution in [0.15, 0.2) is 51.9 Å². The minimum absolute atomic E-state index is 0.0610. The van der Waals surface area contributed by atoms with Gasteiger partial charge in [0.15, 0.2) is 11.3 Å². The van der Waals surface area contributed by atoms with Crippen LogP contribution in [0.5, 0.6) is 5.75 Å². The van der Waals surface area contributed by atoms with Crippen molar-refractivity contribution in [2.75, 3.05) is 20.3 Å². The van der Waals surface area contributed by atoms with Gasteiger partial charge in [-0.1, -0.05) is 24.3 Å². The van der Waals surface area contributed by atoms with Crippen molar-refractivity contribution < 1.29 is 18.7 Å². The molecule has 0 bridgehead atoms. The molecular formula is C24H26N2O4. The van der Waals surface area contributed by atoms with Gasteiger partial charge in [0.25, 0.3) is 5.91 Å². The van der Waals surface area contributed by atoms with Crippen LogP contribution in [0.2, 0.25) is 0 Å². The fraction of sp³-hybridized carbons (Fsp3) is 0.333. The summed E-state index contributed by atoms with van der Waals surface area (Å²) in [5.74, 6) is 0.360. The number of carbonyl (C=O) groups is 1. The molecular weight excluding hydrogens is 380 g/mol. The van der Waals surface area contributed by atoms with E-state index in [2.05, 4.69) is 5.32 Å². The van der Waals surface area contributed by atoms with Crippen LogP contribution in [0.25, 0.3) is 11.0 Å². The number of amides is 1. The molecule has 3 aromatic rings. The third-order valence-corrected chi connectivity index (χ3v) is 5.30. The first-order chi connectivity index (χ1) is 14.5. The average Bonchev–Trinajstić information content (AvgIpc) is 3.27. The van der Waals surface area contributed by atoms with Gasteiger partial charge in [0, 0.05) is 18.5 Å². The van der Waals surface area contributed by atoms with E-state index in [0.717, 1.165) is 41.6 Å². The van der Waals surface area contributed by atoms with Crippen molar-refractivity contribution in [1.82, 2.24) is 5.32 Å². The number of hydrogen-bond acceptors (Lipinski definition) is 5. The van der Waals surface area contributed by atoms with Crippen LogP contribution < -0.4 is 15.6 Å². The molecule has 1 saturated heterocycles. The van der Waals surface area contributed by atoms with Crippen LogP contribution in [-0.2, 0) is 4.74 Å². The van der Waals surface area contributed by atoms with Crippen molar-refractivity contribution >= 4 is 22.6 Å². The van der Waals surface area contributed by atoms with E-state index in [1.54, 1.807) is 13.2 Å². The summed E-state index contributed by atoms with van der Waals surface area (Å²) in [6.07, 6.45) is 2.05. The number of fused-ring (bicyclic) bond motifs is 1. The molecule has 0 saturated carbocycles. The third-order valence-electron chi connectivity index (χ3n) is 5.30. The summed E-state index contributed by atoms with van der Waals surface area (Å²) in [7, 11) is 1.59. The second kappa shape index (κ2) is 8.71. The minimum atomic E-state index is -0.233. The molecule has 1 fully saturated rings. The first-order valence-corrected chi connectivity index (χ1v) is 10.2. The zero-order valence-corrected chi connectivity index (χ0v) is 17.5. The van der Waals surface area contributed by atoms with E-state index in [1.165, 1.54) is 0 Å². The number of benzene rings is 2. The second-order valence-electron chi connectivity index (χ2n) is 7.59. The summed E-state index contributed by atoms with van der Waals surface area (Å²) in [6, 6.07) is 13.4. The van der Waals surface area contributed by atoms with E-state index in [-0.39, 0.29) is 17.6 Å². The quantitative estimate of drug-likeness (QED) is 0.689. The molecule has 1 atom stereocenters. The molecule has 0 radical (unpaired) electrons. The number of methoxy groups -OCH3 is 1. The Morgan fingerprint density at radius 1 is 1.23 bits per heavy atom. The van der Waals surface area contributed by atoms with Gasteiger partial charge in [-0.2, -0.15) is 0 Å². The third kappa shape index (κ3) is 4.24. The smallest absolute Gasteiger partial charge is 0.256 e. The maximum Gasteiger partial charge on any atom is 0.256 e. The maximum atomic E-state index is 13.0. The Hall–Kier alpha value is -3.12. The van der Waals surface area contributed by atoms with E-state index in [9.17, 15) is 4.79 Å². The van der Waals surface area contributed by atoms with Gasteiger partial charge in [-0.25, -0.2) is 4.99 Å². The predicted octanol–water partition coefficient (Wildman–Crippen LogP) is 4.20. The average molecular weight is 406 g/mol. The van der Waals surface area contributed by atoms with E-state index < -0.39 is 0 Å². The fourth-order valence-electron chi connectivity index (χ4n) is 3.59. The molecule has 6 heteroatoms. The topological polar surface area (TPSA) is 73.1 Å². The standard InChI is InChI=1S/C24H26N2O4/c1-15-9-10-16(2)20(12-15)26-24-19(23(27)25-14-18-7-5-11-29-18)13-17-6-4-8-21(28-3)22(17)30-24/h4,6,8-10,12-13,18H,5,7,11,14H2,1-3H3,(H,25,27)/t18-/m1/s1. The maximum absolute atomic E-state index is 13.0. The lowest BCUT2D eigenvalue weighted by Gasteiger charge is -2.12. The number of nitrogens with zero attached hydrogens (tertiary/aromatic N) is 1. The molecule has 156 valence electrons. The van der Waals surface area contributed by atoms with Crippen molar-refractivity contribution in [3.63, 3.8) is 0 Å². The lowest BCUT2D eigenvalue weighted by Crippen LogP contribution is -2.34. The molecule has 4 rings (SSSR count). The van der Waals surface area contributed by atoms with E-state index in [1.807, 2.05) is 50.2 Å². The lowest BCUT2D eigenvalue weighted by atomic mass is 10.1. The Morgan fingerprint density at radius 2 is 2.10 bits per heavy atom. The number of ether oxygens (including phenoxy) is 2. The minimum Gasteiger partial charge on any atom is -0.493 e. The Kier molecular flexibility index (Phi) is 5.86. The number of para-hydroxylation sites is 1. The Bertz CT molecular complexity index is 1140. The van der Waals surface area contributed by atoms with Crippen molar-refractivity contribution in [2.24, 2.45) is 4.99 Å². The zero-order valence-electron chi connectivity index (χ0n) is 17.5. The molecule has 1 aromatic heterocycles. The van der Waals surface area contributed by atoms with Gasteiger partial charge in [0.1, 0.15) is 5.56 Å². The van der Waals surface area contributed by atoms with Crippen molar-refractivity contribution in [2.45, 2.75) is 32.8 Å². The molecule has 2 aromatic carbocycles. The molecule has 6 nitrogen and oxygen atoms in total. The van der Waals surface area contributed by atoms with Gasteiger partial charge < -0.3 is 19.2 Å². The molecule has 1 aliphatic heterocycles. The van der Waals surface area contributed by atoms with Gasteiger partial charge in [0.05, 0.1) is 18.9 Å². The second-order valence-corrected chi connectivity index (χ2v) is 7.59. The zero-order chi connectivity index (χ0) is 21.1. The van der Waals surface area contributed by atoms with E-state index in [4.69, 9.17) is 18.9 Å². The summed E-state index contributed by atoms with van der Waals surface area (Å²) in [5.41, 5.74) is 4.05. The predicted molar refractivity (Wildman–Crippen MR) is 115 cm³/mol. The molecule has 2 heterocycles. The van der Waals surface area contributed by atoms with Crippen LogP contribution >= 0.6 is 0 Å².